The van der Waals surface area contributed by atoms with Gasteiger partial charge in [-0.2, -0.15) is 0 Å². The van der Waals surface area contributed by atoms with Gasteiger partial charge in [0.25, 0.3) is 0 Å². The van der Waals surface area contributed by atoms with Crippen LogP contribution in [-0.4, -0.2) is 32.7 Å². The third kappa shape index (κ3) is 5.79. The molecule has 1 heterocycles. The summed E-state index contributed by atoms with van der Waals surface area (Å²) >= 11 is 0. The predicted octanol–water partition coefficient (Wildman–Crippen LogP) is 5.28. The first kappa shape index (κ1) is 24.7. The lowest BCUT2D eigenvalue weighted by atomic mass is 9.79. The summed E-state index contributed by atoms with van der Waals surface area (Å²) in [7, 11) is 3.82. The van der Waals surface area contributed by atoms with E-state index in [1.807, 2.05) is 24.3 Å². The van der Waals surface area contributed by atoms with Gasteiger partial charge in [0, 0.05) is 10.9 Å². The number of nitrogens with zero attached hydrogens (tertiary/aromatic N) is 1. The van der Waals surface area contributed by atoms with E-state index in [2.05, 4.69) is 37.5 Å². The Kier molecular flexibility index (Phi) is 8.94. The molecule has 0 radical (unpaired) electrons. The van der Waals surface area contributed by atoms with Crippen LogP contribution >= 0.6 is 0 Å². The van der Waals surface area contributed by atoms with Crippen molar-refractivity contribution >= 4 is 24.3 Å². The highest BCUT2D eigenvalue weighted by Gasteiger charge is 2.23. The van der Waals surface area contributed by atoms with Gasteiger partial charge in [0.1, 0.15) is 13.2 Å². The van der Waals surface area contributed by atoms with Crippen LogP contribution in [0.2, 0.25) is 0 Å². The number of hydrogen-bond acceptors (Lipinski definition) is 4. The summed E-state index contributed by atoms with van der Waals surface area (Å²) in [5.41, 5.74) is 5.25. The molecule has 1 aromatic heterocycles. The van der Waals surface area contributed by atoms with Crippen molar-refractivity contribution in [1.82, 2.24) is 4.57 Å². The summed E-state index contributed by atoms with van der Waals surface area (Å²) in [6, 6.07) is 14.7. The van der Waals surface area contributed by atoms with Crippen LogP contribution in [0.5, 0.6) is 11.5 Å². The SMILES string of the molecule is Bc1c(C2CCCCC2)c2ccc(COOC)cc2n1CCOc1ccccc1OCCCC. The van der Waals surface area contributed by atoms with E-state index in [1.54, 1.807) is 7.11 Å². The average molecular weight is 463 g/mol. The minimum absolute atomic E-state index is 0.439. The Morgan fingerprint density at radius 3 is 2.41 bits per heavy atom. The normalized spacial score (nSPS) is 14.5. The van der Waals surface area contributed by atoms with Crippen LogP contribution in [0, 0.1) is 0 Å². The largest absolute Gasteiger partial charge is 0.490 e. The van der Waals surface area contributed by atoms with Gasteiger partial charge in [0.15, 0.2) is 19.3 Å². The lowest BCUT2D eigenvalue weighted by Gasteiger charge is -2.23. The summed E-state index contributed by atoms with van der Waals surface area (Å²) in [5, 5.41) is 1.37. The first-order chi connectivity index (χ1) is 16.7. The second-order valence-corrected chi connectivity index (χ2v) is 9.26. The maximum atomic E-state index is 6.24. The van der Waals surface area contributed by atoms with E-state index in [4.69, 9.17) is 19.2 Å². The molecule has 0 spiro atoms. The summed E-state index contributed by atoms with van der Waals surface area (Å²) in [6.45, 7) is 4.70. The average Bonchev–Trinajstić information content (AvgIpc) is 3.15. The molecule has 0 atom stereocenters. The molecule has 182 valence electrons. The zero-order valence-electron chi connectivity index (χ0n) is 21.0. The van der Waals surface area contributed by atoms with Gasteiger partial charge < -0.3 is 14.0 Å². The maximum absolute atomic E-state index is 6.24. The molecule has 3 aromatic rings. The van der Waals surface area contributed by atoms with Gasteiger partial charge in [-0.25, -0.2) is 9.78 Å². The van der Waals surface area contributed by atoms with Crippen molar-refractivity contribution in [3.63, 3.8) is 0 Å². The highest BCUT2D eigenvalue weighted by molar-refractivity contribution is 6.34. The predicted molar refractivity (Wildman–Crippen MR) is 140 cm³/mol. The Morgan fingerprint density at radius 1 is 0.971 bits per heavy atom. The molecule has 0 saturated heterocycles. The highest BCUT2D eigenvalue weighted by Crippen LogP contribution is 2.36. The van der Waals surface area contributed by atoms with Gasteiger partial charge in [-0.3, -0.25) is 0 Å². The Labute approximate surface area is 204 Å². The number of unbranched alkanes of at least 4 members (excludes halogenated alkanes) is 1. The van der Waals surface area contributed by atoms with E-state index >= 15 is 0 Å². The maximum Gasteiger partial charge on any atom is 0.161 e. The number of fused-ring (bicyclic) bond motifs is 1. The lowest BCUT2D eigenvalue weighted by Crippen LogP contribution is -2.25. The Bertz CT molecular complexity index is 1060. The number of rotatable bonds is 12. The second kappa shape index (κ2) is 12.3. The molecule has 6 heteroatoms. The monoisotopic (exact) mass is 463 g/mol. The van der Waals surface area contributed by atoms with E-state index in [0.29, 0.717) is 19.1 Å². The van der Waals surface area contributed by atoms with Crippen molar-refractivity contribution < 1.29 is 19.2 Å². The van der Waals surface area contributed by atoms with E-state index in [1.165, 1.54) is 54.2 Å². The minimum Gasteiger partial charge on any atom is -0.490 e. The lowest BCUT2D eigenvalue weighted by molar-refractivity contribution is -0.282. The quantitative estimate of drug-likeness (QED) is 0.159. The number of para-hydroxylation sites is 2. The highest BCUT2D eigenvalue weighted by atomic mass is 17.2. The zero-order valence-corrected chi connectivity index (χ0v) is 21.0. The number of aromatic nitrogens is 1. The third-order valence-electron chi connectivity index (χ3n) is 6.97. The van der Waals surface area contributed by atoms with Crippen LogP contribution in [0.4, 0.5) is 0 Å². The summed E-state index contributed by atoms with van der Waals surface area (Å²) in [4.78, 5) is 10.0. The van der Waals surface area contributed by atoms with E-state index in [0.717, 1.165) is 43.1 Å². The van der Waals surface area contributed by atoms with E-state index in [9.17, 15) is 0 Å². The summed E-state index contributed by atoms with van der Waals surface area (Å²) in [5.74, 6) is 2.29. The van der Waals surface area contributed by atoms with Crippen molar-refractivity contribution in [2.45, 2.75) is 70.9 Å². The van der Waals surface area contributed by atoms with Crippen LogP contribution < -0.4 is 15.1 Å². The molecular weight excluding hydrogens is 425 g/mol. The van der Waals surface area contributed by atoms with Crippen molar-refractivity contribution in [2.75, 3.05) is 20.3 Å². The molecule has 34 heavy (non-hydrogen) atoms. The number of ether oxygens (including phenoxy) is 2. The Morgan fingerprint density at radius 2 is 1.71 bits per heavy atom. The fourth-order valence-electron chi connectivity index (χ4n) is 5.22. The van der Waals surface area contributed by atoms with Crippen LogP contribution in [-0.2, 0) is 22.9 Å². The van der Waals surface area contributed by atoms with Gasteiger partial charge in [0.05, 0.1) is 20.3 Å². The van der Waals surface area contributed by atoms with E-state index < -0.39 is 0 Å². The zero-order chi connectivity index (χ0) is 23.8. The van der Waals surface area contributed by atoms with Gasteiger partial charge in [0.2, 0.25) is 0 Å². The molecule has 4 rings (SSSR count). The Balaban J connectivity index is 1.57. The van der Waals surface area contributed by atoms with Crippen LogP contribution in [0.15, 0.2) is 42.5 Å². The van der Waals surface area contributed by atoms with Crippen molar-refractivity contribution in [3.8, 4) is 11.5 Å². The van der Waals surface area contributed by atoms with Crippen LogP contribution in [0.3, 0.4) is 0 Å². The fourth-order valence-corrected chi connectivity index (χ4v) is 5.22. The van der Waals surface area contributed by atoms with E-state index in [-0.39, 0.29) is 0 Å². The smallest absolute Gasteiger partial charge is 0.161 e. The molecule has 5 nitrogen and oxygen atoms in total. The van der Waals surface area contributed by atoms with Crippen LogP contribution in [0.25, 0.3) is 10.9 Å². The molecule has 0 aliphatic heterocycles. The number of hydrogen-bond donors (Lipinski definition) is 0. The third-order valence-corrected chi connectivity index (χ3v) is 6.97. The first-order valence-corrected chi connectivity index (χ1v) is 12.8. The molecule has 0 N–H and O–H groups in total. The van der Waals surface area contributed by atoms with Crippen molar-refractivity contribution in [1.29, 1.82) is 0 Å². The molecule has 1 saturated carbocycles. The molecule has 1 fully saturated rings. The molecule has 2 aromatic carbocycles. The minimum atomic E-state index is 0.439. The molecule has 1 aliphatic carbocycles. The van der Waals surface area contributed by atoms with Gasteiger partial charge >= 0.3 is 0 Å². The van der Waals surface area contributed by atoms with Crippen molar-refractivity contribution in [2.24, 2.45) is 0 Å². The Hall–Kier alpha value is -2.44. The molecule has 0 amide bonds. The summed E-state index contributed by atoms with van der Waals surface area (Å²) in [6.07, 6.45) is 8.75. The van der Waals surface area contributed by atoms with Gasteiger partial charge in [-0.05, 0) is 60.1 Å². The topological polar surface area (TPSA) is 41.9 Å². The second-order valence-electron chi connectivity index (χ2n) is 9.26. The molecule has 0 bridgehead atoms. The fraction of sp³-hybridized carbons (Fsp3) is 0.500. The summed E-state index contributed by atoms with van der Waals surface area (Å²) < 4.78 is 14.6. The van der Waals surface area contributed by atoms with Crippen LogP contribution in [0.1, 0.15) is 68.9 Å². The molecular formula is C28H38BNO4. The van der Waals surface area contributed by atoms with Gasteiger partial charge in [-0.1, -0.05) is 56.9 Å². The molecule has 1 aliphatic rings. The first-order valence-electron chi connectivity index (χ1n) is 12.8. The standard InChI is InChI=1S/C28H38BNO4/c1-3-4-17-32-25-12-8-9-13-26(25)33-18-16-30-24-19-21(20-34-31-2)14-15-23(24)27(28(30)29)22-10-6-5-7-11-22/h8-9,12-15,19,22H,3-7,10-11,16-18,20,29H2,1-2H3. The number of benzene rings is 2. The van der Waals surface area contributed by atoms with Gasteiger partial charge in [-0.15, -0.1) is 0 Å². The molecule has 0 unspecified atom stereocenters. The van der Waals surface area contributed by atoms with Crippen molar-refractivity contribution in [3.05, 3.63) is 53.6 Å².